The van der Waals surface area contributed by atoms with Crippen LogP contribution in [0.15, 0.2) is 193 Å². The van der Waals surface area contributed by atoms with Gasteiger partial charge in [-0.15, -0.1) is 23.3 Å². The van der Waals surface area contributed by atoms with E-state index in [1.165, 1.54) is 77.0 Å². The lowest BCUT2D eigenvalue weighted by Crippen LogP contribution is -1.93. The van der Waals surface area contributed by atoms with Crippen LogP contribution in [0, 0.1) is 0 Å². The van der Waals surface area contributed by atoms with Crippen molar-refractivity contribution >= 4 is 82.9 Å². The highest BCUT2D eigenvalue weighted by atomic mass is 79.9. The third-order valence-electron chi connectivity index (χ3n) is 10.2. The smallest absolute Gasteiger partial charge is 0.0547 e. The van der Waals surface area contributed by atoms with Crippen LogP contribution in [0.1, 0.15) is 27.7 Å². The molecule has 0 unspecified atom stereocenters. The van der Waals surface area contributed by atoms with E-state index < -0.39 is 0 Å². The van der Waals surface area contributed by atoms with Crippen molar-refractivity contribution in [1.82, 2.24) is 9.13 Å². The van der Waals surface area contributed by atoms with E-state index in [2.05, 4.69) is 236 Å². The molecule has 8 aromatic carbocycles. The largest absolute Gasteiger partial charge is 0.309 e. The summed E-state index contributed by atoms with van der Waals surface area (Å²) < 4.78 is 5.84. The molecule has 10 aromatic rings. The van der Waals surface area contributed by atoms with Crippen LogP contribution in [-0.4, -0.2) is 9.13 Å². The standard InChI is InChI=1S/C48H31BrN2.2C2H6.H2S2/c49-44-20-10-7-17-39(44)36-28-34(32-24-26-47-43(30-32)41-19-9-12-22-46(41)50(47)37-13-3-1-4-14-37)27-35(29-36)33-23-25-42-40-18-8-11-21-45(40)51(48(42)31-33)38-15-5-2-6-16-38;3*1-2/h1-31H;2*1-2H3;1-2H. The Hall–Kier alpha value is -5.46. The molecule has 0 bridgehead atoms. The highest BCUT2D eigenvalue weighted by Gasteiger charge is 2.17. The molecule has 0 aliphatic carbocycles. The van der Waals surface area contributed by atoms with E-state index in [0.29, 0.717) is 0 Å². The van der Waals surface area contributed by atoms with E-state index in [1.807, 2.05) is 27.7 Å². The molecular weight excluding hydrogens is 797 g/mol. The Bertz CT molecular complexity index is 2930. The molecule has 0 aliphatic heterocycles. The van der Waals surface area contributed by atoms with Crippen molar-refractivity contribution in [3.8, 4) is 44.8 Å². The minimum atomic E-state index is 1.08. The molecule has 0 atom stereocenters. The average Bonchev–Trinajstić information content (AvgIpc) is 3.81. The molecule has 2 aromatic heterocycles. The Labute approximate surface area is 354 Å². The van der Waals surface area contributed by atoms with E-state index in [-0.39, 0.29) is 0 Å². The van der Waals surface area contributed by atoms with Gasteiger partial charge in [0.25, 0.3) is 0 Å². The predicted octanol–water partition coefficient (Wildman–Crippen LogP) is 16.5. The van der Waals surface area contributed by atoms with Gasteiger partial charge < -0.3 is 9.13 Å². The van der Waals surface area contributed by atoms with E-state index in [4.69, 9.17) is 0 Å². The van der Waals surface area contributed by atoms with Gasteiger partial charge in [0, 0.05) is 37.4 Å². The summed E-state index contributed by atoms with van der Waals surface area (Å²) in [4.78, 5) is 0. The van der Waals surface area contributed by atoms with Crippen LogP contribution < -0.4 is 0 Å². The van der Waals surface area contributed by atoms with Gasteiger partial charge in [-0.05, 0) is 112 Å². The fourth-order valence-corrected chi connectivity index (χ4v) is 8.34. The van der Waals surface area contributed by atoms with Crippen molar-refractivity contribution in [2.45, 2.75) is 27.7 Å². The number of fused-ring (bicyclic) bond motifs is 6. The van der Waals surface area contributed by atoms with E-state index in [9.17, 15) is 0 Å². The Morgan fingerprint density at radius 1 is 0.333 bits per heavy atom. The maximum atomic E-state index is 3.86. The number of para-hydroxylation sites is 4. The molecule has 57 heavy (non-hydrogen) atoms. The number of halogens is 1. The second kappa shape index (κ2) is 18.2. The number of benzene rings is 8. The third-order valence-corrected chi connectivity index (χ3v) is 10.9. The molecule has 0 N–H and O–H groups in total. The molecule has 0 saturated heterocycles. The summed E-state index contributed by atoms with van der Waals surface area (Å²) in [5, 5.41) is 5.00. The lowest BCUT2D eigenvalue weighted by atomic mass is 9.92. The fourth-order valence-electron chi connectivity index (χ4n) is 7.82. The topological polar surface area (TPSA) is 9.86 Å². The van der Waals surface area contributed by atoms with Gasteiger partial charge in [-0.25, -0.2) is 0 Å². The summed E-state index contributed by atoms with van der Waals surface area (Å²) >= 11 is 10.3. The first-order valence-electron chi connectivity index (χ1n) is 19.5. The molecule has 0 fully saturated rings. The molecule has 10 rings (SSSR count). The second-order valence-electron chi connectivity index (χ2n) is 13.1. The summed E-state index contributed by atoms with van der Waals surface area (Å²) in [6, 6.07) is 68.2. The van der Waals surface area contributed by atoms with Gasteiger partial charge in [-0.3, -0.25) is 0 Å². The third kappa shape index (κ3) is 7.56. The van der Waals surface area contributed by atoms with Gasteiger partial charge in [0.2, 0.25) is 0 Å². The minimum Gasteiger partial charge on any atom is -0.309 e. The second-order valence-corrected chi connectivity index (χ2v) is 14.0. The molecule has 0 aliphatic rings. The fraction of sp³-hybridized carbons (Fsp3) is 0.0769. The Kier molecular flexibility index (Phi) is 12.7. The monoisotopic (exact) mass is 840 g/mol. The van der Waals surface area contributed by atoms with Crippen LogP contribution >= 0.6 is 39.3 Å². The first-order chi connectivity index (χ1) is 28.2. The Balaban J connectivity index is 0.000000792. The SMILES string of the molecule is Brc1ccccc1-c1cc(-c2ccc3c(c2)c2ccccc2n3-c2ccccc2)cc(-c2ccc3c4ccccc4n(-c4ccccc4)c3c2)c1.CC.CC.SS. The first kappa shape index (κ1) is 39.8. The molecular formula is C52H45BrN2S2. The maximum Gasteiger partial charge on any atom is 0.0547 e. The number of aromatic nitrogens is 2. The molecule has 0 saturated carbocycles. The average molecular weight is 842 g/mol. The summed E-state index contributed by atoms with van der Waals surface area (Å²) in [7, 11) is 0. The summed E-state index contributed by atoms with van der Waals surface area (Å²) in [5.41, 5.74) is 14.2. The van der Waals surface area contributed by atoms with Crippen molar-refractivity contribution in [3.63, 3.8) is 0 Å². The van der Waals surface area contributed by atoms with Gasteiger partial charge in [0.1, 0.15) is 0 Å². The van der Waals surface area contributed by atoms with Crippen LogP contribution in [0.25, 0.3) is 88.4 Å². The molecule has 2 nitrogen and oxygen atoms in total. The van der Waals surface area contributed by atoms with Gasteiger partial charge >= 0.3 is 0 Å². The van der Waals surface area contributed by atoms with Crippen LogP contribution in [0.5, 0.6) is 0 Å². The van der Waals surface area contributed by atoms with Crippen molar-refractivity contribution in [3.05, 3.63) is 193 Å². The van der Waals surface area contributed by atoms with Crippen molar-refractivity contribution in [2.75, 3.05) is 0 Å². The molecule has 2 heterocycles. The molecule has 282 valence electrons. The van der Waals surface area contributed by atoms with Crippen molar-refractivity contribution < 1.29 is 0 Å². The van der Waals surface area contributed by atoms with E-state index in [0.717, 1.165) is 15.8 Å². The summed E-state index contributed by atoms with van der Waals surface area (Å²) in [6.07, 6.45) is 0. The molecule has 0 radical (unpaired) electrons. The van der Waals surface area contributed by atoms with Gasteiger partial charge in [0.15, 0.2) is 0 Å². The van der Waals surface area contributed by atoms with Crippen LogP contribution in [0.4, 0.5) is 0 Å². The van der Waals surface area contributed by atoms with Crippen LogP contribution in [0.2, 0.25) is 0 Å². The highest BCUT2D eigenvalue weighted by molar-refractivity contribution is 9.10. The number of nitrogens with zero attached hydrogens (tertiary/aromatic N) is 2. The first-order valence-corrected chi connectivity index (χ1v) is 21.9. The Morgan fingerprint density at radius 2 is 0.754 bits per heavy atom. The van der Waals surface area contributed by atoms with Crippen molar-refractivity contribution in [1.29, 1.82) is 0 Å². The van der Waals surface area contributed by atoms with Gasteiger partial charge in [0.05, 0.1) is 22.1 Å². The molecule has 0 amide bonds. The van der Waals surface area contributed by atoms with Crippen LogP contribution in [-0.2, 0) is 0 Å². The lowest BCUT2D eigenvalue weighted by Gasteiger charge is -2.14. The number of rotatable bonds is 5. The molecule has 5 heteroatoms. The zero-order valence-corrected chi connectivity index (χ0v) is 35.9. The zero-order chi connectivity index (χ0) is 39.9. The number of hydrogen-bond acceptors (Lipinski definition) is 2. The van der Waals surface area contributed by atoms with E-state index >= 15 is 0 Å². The minimum absolute atomic E-state index is 1.08. The highest BCUT2D eigenvalue weighted by Crippen LogP contribution is 2.40. The van der Waals surface area contributed by atoms with Gasteiger partial charge in [-0.2, -0.15) is 0 Å². The Morgan fingerprint density at radius 3 is 1.35 bits per heavy atom. The number of hydrogen-bond donors (Lipinski definition) is 2. The lowest BCUT2D eigenvalue weighted by molar-refractivity contribution is 1.18. The predicted molar refractivity (Wildman–Crippen MR) is 260 cm³/mol. The van der Waals surface area contributed by atoms with Crippen molar-refractivity contribution in [2.24, 2.45) is 0 Å². The molecule has 0 spiro atoms. The number of thiol groups is 2. The summed E-state index contributed by atoms with van der Waals surface area (Å²) in [6.45, 7) is 8.00. The normalized spacial score (nSPS) is 10.7. The maximum absolute atomic E-state index is 3.86. The van der Waals surface area contributed by atoms with E-state index in [1.54, 1.807) is 0 Å². The zero-order valence-electron chi connectivity index (χ0n) is 32.6. The van der Waals surface area contributed by atoms with Crippen LogP contribution in [0.3, 0.4) is 0 Å². The summed E-state index contributed by atoms with van der Waals surface area (Å²) in [5.74, 6) is 0. The quantitative estimate of drug-likeness (QED) is 0.126. The van der Waals surface area contributed by atoms with Gasteiger partial charge in [-0.1, -0.05) is 153 Å².